The highest BCUT2D eigenvalue weighted by Gasteiger charge is 2.21. The first-order valence-electron chi connectivity index (χ1n) is 7.79. The number of carbonyl (C=O) groups is 1. The molecular weight excluding hydrogens is 328 g/mol. The summed E-state index contributed by atoms with van der Waals surface area (Å²) in [7, 11) is -3.06. The van der Waals surface area contributed by atoms with E-state index in [0.717, 1.165) is 31.5 Å². The van der Waals surface area contributed by atoms with E-state index in [1.165, 1.54) is 0 Å². The third-order valence-corrected chi connectivity index (χ3v) is 4.84. The molecule has 0 bridgehead atoms. The number of urea groups is 1. The molecule has 1 saturated heterocycles. The van der Waals surface area contributed by atoms with E-state index in [0.29, 0.717) is 18.7 Å². The molecule has 130 valence electrons. The number of amides is 2. The molecule has 0 aliphatic carbocycles. The highest BCUT2D eigenvalue weighted by Crippen LogP contribution is 2.10. The van der Waals surface area contributed by atoms with Gasteiger partial charge < -0.3 is 10.2 Å². The summed E-state index contributed by atoms with van der Waals surface area (Å²) in [5, 5.41) is 11.4. The quantitative estimate of drug-likeness (QED) is 0.831. The van der Waals surface area contributed by atoms with Crippen molar-refractivity contribution in [2.24, 2.45) is 0 Å². The molecule has 0 unspecified atom stereocenters. The van der Waals surface area contributed by atoms with Crippen LogP contribution < -0.4 is 5.32 Å². The van der Waals surface area contributed by atoms with Gasteiger partial charge in [0, 0.05) is 45.5 Å². The summed E-state index contributed by atoms with van der Waals surface area (Å²) >= 11 is 0. The van der Waals surface area contributed by atoms with E-state index in [9.17, 15) is 13.2 Å². The average molecular weight is 350 g/mol. The van der Waals surface area contributed by atoms with E-state index in [1.807, 2.05) is 12.1 Å². The van der Waals surface area contributed by atoms with Gasteiger partial charge in [-0.25, -0.2) is 13.2 Å². The fourth-order valence-electron chi connectivity index (χ4n) is 2.51. The van der Waals surface area contributed by atoms with Gasteiger partial charge in [0.05, 0.1) is 17.4 Å². The van der Waals surface area contributed by atoms with Crippen molar-refractivity contribution in [1.82, 2.24) is 15.1 Å². The predicted molar refractivity (Wildman–Crippen MR) is 91.1 cm³/mol. The Hall–Kier alpha value is -2.11. The zero-order valence-electron chi connectivity index (χ0n) is 13.7. The van der Waals surface area contributed by atoms with Crippen LogP contribution in [0.5, 0.6) is 0 Å². The molecule has 0 saturated carbocycles. The summed E-state index contributed by atoms with van der Waals surface area (Å²) < 4.78 is 22.1. The lowest BCUT2D eigenvalue weighted by Crippen LogP contribution is -2.51. The lowest BCUT2D eigenvalue weighted by atomic mass is 10.1. The van der Waals surface area contributed by atoms with Gasteiger partial charge in [0.25, 0.3) is 0 Å². The first-order valence-corrected chi connectivity index (χ1v) is 9.85. The predicted octanol–water partition coefficient (Wildman–Crippen LogP) is 0.430. The number of rotatable bonds is 5. The van der Waals surface area contributed by atoms with Gasteiger partial charge in [0.2, 0.25) is 0 Å². The summed E-state index contributed by atoms with van der Waals surface area (Å²) in [6, 6.07) is 9.40. The Bertz CT molecular complexity index is 702. The number of nitrogens with zero attached hydrogens (tertiary/aromatic N) is 3. The van der Waals surface area contributed by atoms with Crippen molar-refractivity contribution >= 4 is 15.9 Å². The first-order chi connectivity index (χ1) is 11.4. The smallest absolute Gasteiger partial charge is 0.317 e. The second-order valence-corrected chi connectivity index (χ2v) is 8.19. The van der Waals surface area contributed by atoms with Crippen LogP contribution in [-0.2, 0) is 16.4 Å². The Kier molecular flexibility index (Phi) is 6.17. The molecule has 1 aromatic rings. The van der Waals surface area contributed by atoms with Crippen molar-refractivity contribution in [3.63, 3.8) is 0 Å². The van der Waals surface area contributed by atoms with Gasteiger partial charge in [-0.05, 0) is 17.7 Å². The minimum Gasteiger partial charge on any atom is -0.337 e. The van der Waals surface area contributed by atoms with Crippen molar-refractivity contribution in [3.05, 3.63) is 35.4 Å². The number of hydrogen-bond donors (Lipinski definition) is 1. The van der Waals surface area contributed by atoms with Gasteiger partial charge in [0.15, 0.2) is 0 Å². The summed E-state index contributed by atoms with van der Waals surface area (Å²) in [5.41, 5.74) is 1.79. The number of nitrogens with one attached hydrogen (secondary N) is 1. The number of nitriles is 1. The molecule has 1 aliphatic heterocycles. The largest absolute Gasteiger partial charge is 0.337 e. The Morgan fingerprint density at radius 2 is 1.83 bits per heavy atom. The van der Waals surface area contributed by atoms with Gasteiger partial charge in [-0.2, -0.15) is 5.26 Å². The van der Waals surface area contributed by atoms with Crippen LogP contribution in [0.4, 0.5) is 4.79 Å². The van der Waals surface area contributed by atoms with Crippen LogP contribution in [0.15, 0.2) is 24.3 Å². The zero-order valence-corrected chi connectivity index (χ0v) is 14.6. The van der Waals surface area contributed by atoms with Crippen LogP contribution in [0.25, 0.3) is 0 Å². The molecule has 1 aromatic carbocycles. The fraction of sp³-hybridized carbons (Fsp3) is 0.500. The lowest BCUT2D eigenvalue weighted by molar-refractivity contribution is 0.135. The second kappa shape index (κ2) is 8.13. The summed E-state index contributed by atoms with van der Waals surface area (Å²) in [5.74, 6) is -0.0442. The molecular formula is C16H22N4O3S. The molecule has 0 atom stereocenters. The van der Waals surface area contributed by atoms with Gasteiger partial charge in [-0.1, -0.05) is 12.1 Å². The standard InChI is InChI=1S/C16H22N4O3S/c1-24(22,23)11-6-18-16(21)20-9-7-19(8-10-20)13-15-4-2-14(12-17)3-5-15/h2-5H,6-11,13H2,1H3,(H,18,21). The topological polar surface area (TPSA) is 93.5 Å². The van der Waals surface area contributed by atoms with Gasteiger partial charge in [-0.15, -0.1) is 0 Å². The number of benzene rings is 1. The Labute approximate surface area is 142 Å². The number of piperazine rings is 1. The third kappa shape index (κ3) is 5.83. The lowest BCUT2D eigenvalue weighted by Gasteiger charge is -2.34. The van der Waals surface area contributed by atoms with Gasteiger partial charge >= 0.3 is 6.03 Å². The van der Waals surface area contributed by atoms with Crippen molar-refractivity contribution < 1.29 is 13.2 Å². The maximum Gasteiger partial charge on any atom is 0.317 e. The van der Waals surface area contributed by atoms with Crippen molar-refractivity contribution in [1.29, 1.82) is 5.26 Å². The summed E-state index contributed by atoms with van der Waals surface area (Å²) in [6.07, 6.45) is 1.15. The van der Waals surface area contributed by atoms with Crippen LogP contribution in [0, 0.1) is 11.3 Å². The molecule has 0 aromatic heterocycles. The zero-order chi connectivity index (χ0) is 17.6. The molecule has 1 N–H and O–H groups in total. The maximum absolute atomic E-state index is 12.0. The van der Waals surface area contributed by atoms with Crippen LogP contribution in [0.3, 0.4) is 0 Å². The minimum absolute atomic E-state index is 0.0442. The highest BCUT2D eigenvalue weighted by atomic mass is 32.2. The van der Waals surface area contributed by atoms with Crippen molar-refractivity contribution in [2.75, 3.05) is 44.7 Å². The number of sulfone groups is 1. The molecule has 0 radical (unpaired) electrons. The molecule has 2 amide bonds. The van der Waals surface area contributed by atoms with Crippen molar-refractivity contribution in [2.45, 2.75) is 6.54 Å². The van der Waals surface area contributed by atoms with Crippen LogP contribution in [0.2, 0.25) is 0 Å². The molecule has 24 heavy (non-hydrogen) atoms. The first kappa shape index (κ1) is 18.2. The fourth-order valence-corrected chi connectivity index (χ4v) is 2.98. The van der Waals surface area contributed by atoms with E-state index >= 15 is 0 Å². The number of hydrogen-bond acceptors (Lipinski definition) is 5. The van der Waals surface area contributed by atoms with Crippen LogP contribution in [-0.4, -0.2) is 69.0 Å². The maximum atomic E-state index is 12.0. The average Bonchev–Trinajstić information content (AvgIpc) is 2.55. The van der Waals surface area contributed by atoms with E-state index < -0.39 is 9.84 Å². The van der Waals surface area contributed by atoms with E-state index in [2.05, 4.69) is 16.3 Å². The van der Waals surface area contributed by atoms with Gasteiger partial charge in [0.1, 0.15) is 9.84 Å². The number of carbonyl (C=O) groups excluding carboxylic acids is 1. The second-order valence-electron chi connectivity index (χ2n) is 5.93. The molecule has 8 heteroatoms. The van der Waals surface area contributed by atoms with E-state index in [1.54, 1.807) is 17.0 Å². The highest BCUT2D eigenvalue weighted by molar-refractivity contribution is 7.90. The van der Waals surface area contributed by atoms with Crippen LogP contribution >= 0.6 is 0 Å². The van der Waals surface area contributed by atoms with Crippen LogP contribution in [0.1, 0.15) is 11.1 Å². The molecule has 1 aliphatic rings. The monoisotopic (exact) mass is 350 g/mol. The normalized spacial score (nSPS) is 15.8. The van der Waals surface area contributed by atoms with E-state index in [4.69, 9.17) is 5.26 Å². The molecule has 1 heterocycles. The minimum atomic E-state index is -3.06. The summed E-state index contributed by atoms with van der Waals surface area (Å²) in [4.78, 5) is 15.9. The molecule has 0 spiro atoms. The molecule has 7 nitrogen and oxygen atoms in total. The third-order valence-electron chi connectivity index (χ3n) is 3.90. The molecule has 2 rings (SSSR count). The Morgan fingerprint density at radius 3 is 2.38 bits per heavy atom. The van der Waals surface area contributed by atoms with Crippen molar-refractivity contribution in [3.8, 4) is 6.07 Å². The Balaban J connectivity index is 1.74. The molecule has 1 fully saturated rings. The Morgan fingerprint density at radius 1 is 1.21 bits per heavy atom. The summed E-state index contributed by atoms with van der Waals surface area (Å²) in [6.45, 7) is 3.68. The SMILES string of the molecule is CS(=O)(=O)CCNC(=O)N1CCN(Cc2ccc(C#N)cc2)CC1. The van der Waals surface area contributed by atoms with Gasteiger partial charge in [-0.3, -0.25) is 4.90 Å². The van der Waals surface area contributed by atoms with E-state index in [-0.39, 0.29) is 18.3 Å².